The van der Waals surface area contributed by atoms with Crippen molar-refractivity contribution in [1.29, 1.82) is 0 Å². The summed E-state index contributed by atoms with van der Waals surface area (Å²) in [4.78, 5) is 2.42. The minimum atomic E-state index is 0.384. The number of likely N-dealkylation sites (tertiary alicyclic amines) is 1. The Morgan fingerprint density at radius 3 is 2.79 bits per heavy atom. The van der Waals surface area contributed by atoms with E-state index in [1.807, 2.05) is 6.07 Å². The number of hydrogen-bond donors (Lipinski definition) is 1. The van der Waals surface area contributed by atoms with Gasteiger partial charge in [0.15, 0.2) is 0 Å². The molecule has 1 aliphatic heterocycles. The van der Waals surface area contributed by atoms with Gasteiger partial charge in [-0.05, 0) is 70.1 Å². The van der Waals surface area contributed by atoms with Crippen LogP contribution in [0.25, 0.3) is 0 Å². The Hall–Kier alpha value is -1.06. The highest BCUT2D eigenvalue weighted by Gasteiger charge is 2.17. The van der Waals surface area contributed by atoms with Crippen LogP contribution in [0.1, 0.15) is 31.4 Å². The predicted octanol–water partition coefficient (Wildman–Crippen LogP) is 2.69. The molecular weight excluding hydrogens is 236 g/mol. The van der Waals surface area contributed by atoms with E-state index in [1.54, 1.807) is 7.11 Å². The van der Waals surface area contributed by atoms with Gasteiger partial charge in [-0.3, -0.25) is 0 Å². The number of piperidine rings is 1. The molecule has 0 aliphatic carbocycles. The van der Waals surface area contributed by atoms with Gasteiger partial charge >= 0.3 is 0 Å². The van der Waals surface area contributed by atoms with E-state index in [-0.39, 0.29) is 0 Å². The van der Waals surface area contributed by atoms with Crippen LogP contribution in [0.2, 0.25) is 0 Å². The van der Waals surface area contributed by atoms with Crippen LogP contribution in [-0.4, -0.2) is 38.7 Å². The fraction of sp³-hybridized carbons (Fsp3) is 0.625. The first-order chi connectivity index (χ1) is 9.19. The highest BCUT2D eigenvalue weighted by atomic mass is 16.5. The van der Waals surface area contributed by atoms with Gasteiger partial charge in [0.1, 0.15) is 5.75 Å². The van der Waals surface area contributed by atoms with Crippen molar-refractivity contribution in [1.82, 2.24) is 10.2 Å². The Bertz CT molecular complexity index is 386. The molecule has 1 aromatic carbocycles. The summed E-state index contributed by atoms with van der Waals surface area (Å²) >= 11 is 0. The molecule has 1 atom stereocenters. The van der Waals surface area contributed by atoms with Crippen LogP contribution in [0, 0.1) is 5.92 Å². The number of nitrogens with one attached hydrogen (secondary N) is 1. The predicted molar refractivity (Wildman–Crippen MR) is 79.6 cm³/mol. The number of benzene rings is 1. The molecule has 19 heavy (non-hydrogen) atoms. The van der Waals surface area contributed by atoms with E-state index in [2.05, 4.69) is 42.4 Å². The van der Waals surface area contributed by atoms with Crippen LogP contribution in [0.15, 0.2) is 24.3 Å². The van der Waals surface area contributed by atoms with E-state index in [4.69, 9.17) is 4.74 Å². The van der Waals surface area contributed by atoms with Gasteiger partial charge in [0.2, 0.25) is 0 Å². The van der Waals surface area contributed by atoms with Gasteiger partial charge in [0, 0.05) is 6.04 Å². The Balaban J connectivity index is 1.81. The maximum atomic E-state index is 5.28. The molecule has 3 heteroatoms. The normalized spacial score (nSPS) is 19.3. The first-order valence-electron chi connectivity index (χ1n) is 7.25. The highest BCUT2D eigenvalue weighted by Crippen LogP contribution is 2.20. The third-order valence-corrected chi connectivity index (χ3v) is 4.14. The molecule has 1 N–H and O–H groups in total. The van der Waals surface area contributed by atoms with Gasteiger partial charge in [0.25, 0.3) is 0 Å². The summed E-state index contributed by atoms with van der Waals surface area (Å²) in [6.07, 6.45) is 2.63. The fourth-order valence-corrected chi connectivity index (χ4v) is 2.64. The second-order valence-electron chi connectivity index (χ2n) is 5.65. The Morgan fingerprint density at radius 2 is 2.11 bits per heavy atom. The lowest BCUT2D eigenvalue weighted by atomic mass is 9.96. The lowest BCUT2D eigenvalue weighted by Crippen LogP contribution is -2.35. The van der Waals surface area contributed by atoms with E-state index in [0.29, 0.717) is 6.04 Å². The van der Waals surface area contributed by atoms with Crippen molar-refractivity contribution in [2.24, 2.45) is 5.92 Å². The third kappa shape index (κ3) is 4.22. The molecular formula is C16H26N2O. The molecule has 0 amide bonds. The smallest absolute Gasteiger partial charge is 0.119 e. The molecule has 1 aliphatic rings. The summed E-state index contributed by atoms with van der Waals surface area (Å²) in [6.45, 7) is 5.82. The van der Waals surface area contributed by atoms with Crippen LogP contribution in [-0.2, 0) is 0 Å². The molecule has 0 radical (unpaired) electrons. The van der Waals surface area contributed by atoms with Crippen LogP contribution in [0.4, 0.5) is 0 Å². The van der Waals surface area contributed by atoms with Gasteiger partial charge in [-0.1, -0.05) is 12.1 Å². The molecule has 0 aromatic heterocycles. The van der Waals surface area contributed by atoms with E-state index in [0.717, 1.165) is 18.2 Å². The standard InChI is InChI=1S/C16H26N2O/c1-13(15-5-4-6-16(11-15)19-3)17-12-14-7-9-18(2)10-8-14/h4-6,11,13-14,17H,7-10,12H2,1-3H3/t13-/m0/s1. The van der Waals surface area contributed by atoms with E-state index >= 15 is 0 Å². The lowest BCUT2D eigenvalue weighted by Gasteiger charge is -2.30. The van der Waals surface area contributed by atoms with Crippen molar-refractivity contribution in [3.63, 3.8) is 0 Å². The minimum absolute atomic E-state index is 0.384. The molecule has 0 spiro atoms. The molecule has 0 unspecified atom stereocenters. The zero-order valence-electron chi connectivity index (χ0n) is 12.4. The van der Waals surface area contributed by atoms with E-state index in [9.17, 15) is 0 Å². The number of nitrogens with zero attached hydrogens (tertiary/aromatic N) is 1. The number of hydrogen-bond acceptors (Lipinski definition) is 3. The first-order valence-corrected chi connectivity index (χ1v) is 7.25. The SMILES string of the molecule is COc1cccc([C@H](C)NCC2CCN(C)CC2)c1. The summed E-state index contributed by atoms with van der Waals surface area (Å²) in [7, 11) is 3.93. The Morgan fingerprint density at radius 1 is 1.37 bits per heavy atom. The molecule has 1 heterocycles. The zero-order valence-corrected chi connectivity index (χ0v) is 12.4. The van der Waals surface area contributed by atoms with Gasteiger partial charge in [-0.15, -0.1) is 0 Å². The summed E-state index contributed by atoms with van der Waals surface area (Å²) in [5.41, 5.74) is 1.30. The largest absolute Gasteiger partial charge is 0.497 e. The minimum Gasteiger partial charge on any atom is -0.497 e. The van der Waals surface area contributed by atoms with Crippen LogP contribution < -0.4 is 10.1 Å². The van der Waals surface area contributed by atoms with Gasteiger partial charge in [-0.2, -0.15) is 0 Å². The van der Waals surface area contributed by atoms with E-state index < -0.39 is 0 Å². The summed E-state index contributed by atoms with van der Waals surface area (Å²) in [5, 5.41) is 3.66. The maximum absolute atomic E-state index is 5.28. The Kier molecular flexibility index (Phi) is 5.23. The van der Waals surface area contributed by atoms with Crippen molar-refractivity contribution in [3.05, 3.63) is 29.8 Å². The van der Waals surface area contributed by atoms with Crippen molar-refractivity contribution < 1.29 is 4.74 Å². The molecule has 1 fully saturated rings. The number of methoxy groups -OCH3 is 1. The maximum Gasteiger partial charge on any atom is 0.119 e. The fourth-order valence-electron chi connectivity index (χ4n) is 2.64. The van der Waals surface area contributed by atoms with Crippen LogP contribution >= 0.6 is 0 Å². The highest BCUT2D eigenvalue weighted by molar-refractivity contribution is 5.30. The topological polar surface area (TPSA) is 24.5 Å². The van der Waals surface area contributed by atoms with Gasteiger partial charge in [-0.25, -0.2) is 0 Å². The molecule has 0 bridgehead atoms. The quantitative estimate of drug-likeness (QED) is 0.883. The van der Waals surface area contributed by atoms with Crippen molar-refractivity contribution >= 4 is 0 Å². The Labute approximate surface area is 116 Å². The van der Waals surface area contributed by atoms with Crippen molar-refractivity contribution in [2.75, 3.05) is 33.8 Å². The first kappa shape index (κ1) is 14.4. The second kappa shape index (κ2) is 6.92. The van der Waals surface area contributed by atoms with Gasteiger partial charge in [0.05, 0.1) is 7.11 Å². The monoisotopic (exact) mass is 262 g/mol. The lowest BCUT2D eigenvalue weighted by molar-refractivity contribution is 0.213. The third-order valence-electron chi connectivity index (χ3n) is 4.14. The average molecular weight is 262 g/mol. The molecule has 106 valence electrons. The average Bonchev–Trinajstić information content (AvgIpc) is 2.46. The zero-order chi connectivity index (χ0) is 13.7. The molecule has 0 saturated carbocycles. The van der Waals surface area contributed by atoms with Crippen molar-refractivity contribution in [2.45, 2.75) is 25.8 Å². The molecule has 3 nitrogen and oxygen atoms in total. The molecule has 1 saturated heterocycles. The number of rotatable bonds is 5. The van der Waals surface area contributed by atoms with E-state index in [1.165, 1.54) is 31.5 Å². The summed E-state index contributed by atoms with van der Waals surface area (Å²) in [5.74, 6) is 1.76. The van der Waals surface area contributed by atoms with Crippen molar-refractivity contribution in [3.8, 4) is 5.75 Å². The van der Waals surface area contributed by atoms with Crippen LogP contribution in [0.3, 0.4) is 0 Å². The number of ether oxygens (including phenoxy) is 1. The second-order valence-corrected chi connectivity index (χ2v) is 5.65. The summed E-state index contributed by atoms with van der Waals surface area (Å²) in [6, 6.07) is 8.71. The van der Waals surface area contributed by atoms with Gasteiger partial charge < -0.3 is 15.0 Å². The molecule has 1 aromatic rings. The van der Waals surface area contributed by atoms with Crippen LogP contribution in [0.5, 0.6) is 5.75 Å². The molecule has 2 rings (SSSR count). The summed E-state index contributed by atoms with van der Waals surface area (Å²) < 4.78 is 5.28.